The maximum absolute atomic E-state index is 12.5. The van der Waals surface area contributed by atoms with Crippen LogP contribution < -0.4 is 10.1 Å². The summed E-state index contributed by atoms with van der Waals surface area (Å²) < 4.78 is 16.7. The number of fused-ring (bicyclic) bond motifs is 3. The summed E-state index contributed by atoms with van der Waals surface area (Å²) in [5.74, 6) is 0.831. The predicted octanol–water partition coefficient (Wildman–Crippen LogP) is 4.17. The van der Waals surface area contributed by atoms with E-state index in [9.17, 15) is 9.90 Å². The summed E-state index contributed by atoms with van der Waals surface area (Å²) in [5.41, 5.74) is 4.50. The summed E-state index contributed by atoms with van der Waals surface area (Å²) in [7, 11) is 1.62. The van der Waals surface area contributed by atoms with Crippen molar-refractivity contribution in [2.45, 2.75) is 29.8 Å². The molecule has 0 spiro atoms. The number of nitrogens with one attached hydrogen (secondary N) is 3. The lowest BCUT2D eigenvalue weighted by atomic mass is 9.93. The SMILES string of the molecule is CCOC(=O)c1[nH]cc2c(-c3ccc(Sc4nc5ccc(OC)cc5[nH]4)o3)c3c(nc12)CNCC3O. The first-order chi connectivity index (χ1) is 17.6. The summed E-state index contributed by atoms with van der Waals surface area (Å²) in [6.45, 7) is 2.87. The van der Waals surface area contributed by atoms with Gasteiger partial charge in [-0.25, -0.2) is 14.8 Å². The first kappa shape index (κ1) is 22.7. The van der Waals surface area contributed by atoms with Crippen molar-refractivity contribution in [3.63, 3.8) is 0 Å². The van der Waals surface area contributed by atoms with Crippen LogP contribution in [0.15, 0.2) is 51.2 Å². The number of carbonyl (C=O) groups excluding carboxylic acids is 1. The number of β-amino-alcohol motifs (C(OH)–C–C–N with tert-alkyl or cyclic N) is 1. The van der Waals surface area contributed by atoms with Crippen LogP contribution >= 0.6 is 11.8 Å². The van der Waals surface area contributed by atoms with Crippen molar-refractivity contribution in [2.75, 3.05) is 20.3 Å². The van der Waals surface area contributed by atoms with Gasteiger partial charge in [-0.1, -0.05) is 0 Å². The van der Waals surface area contributed by atoms with E-state index < -0.39 is 12.1 Å². The molecule has 0 saturated heterocycles. The molecule has 4 aromatic heterocycles. The third kappa shape index (κ3) is 3.81. The number of ether oxygens (including phenoxy) is 2. The van der Waals surface area contributed by atoms with Crippen LogP contribution in [-0.2, 0) is 11.3 Å². The molecule has 10 nitrogen and oxygen atoms in total. The van der Waals surface area contributed by atoms with Crippen molar-refractivity contribution in [1.82, 2.24) is 25.3 Å². The number of aliphatic hydroxyl groups excluding tert-OH is 1. The van der Waals surface area contributed by atoms with Gasteiger partial charge in [-0.05, 0) is 43.0 Å². The maximum atomic E-state index is 12.5. The zero-order valence-corrected chi connectivity index (χ0v) is 20.4. The molecule has 1 atom stereocenters. The van der Waals surface area contributed by atoms with E-state index in [4.69, 9.17) is 18.9 Å². The highest BCUT2D eigenvalue weighted by molar-refractivity contribution is 7.99. The lowest BCUT2D eigenvalue weighted by Crippen LogP contribution is -2.29. The topological polar surface area (TPSA) is 138 Å². The number of H-pyrrole nitrogens is 2. The zero-order chi connectivity index (χ0) is 24.8. The van der Waals surface area contributed by atoms with Gasteiger partial charge in [-0.15, -0.1) is 0 Å². The van der Waals surface area contributed by atoms with Crippen molar-refractivity contribution in [3.05, 3.63) is 53.5 Å². The minimum Gasteiger partial charge on any atom is -0.497 e. The molecular formula is C25H23N5O5S. The number of methoxy groups -OCH3 is 1. The number of carbonyl (C=O) groups is 1. The molecule has 6 rings (SSSR count). The Kier molecular flexibility index (Phi) is 5.67. The standard InChI is InChI=1S/C25H23N5O5S/c1-3-34-24(32)23-22-13(9-27-23)20(21-16(28-22)10-26-11-17(21)31)18-6-7-19(35-18)36-25-29-14-5-4-12(33-2)8-15(14)30-25/h4-9,17,26-27,31H,3,10-11H2,1-2H3,(H,29,30). The van der Waals surface area contributed by atoms with E-state index in [1.807, 2.05) is 30.3 Å². The molecular weight excluding hydrogens is 482 g/mol. The number of hydrogen-bond acceptors (Lipinski definition) is 9. The van der Waals surface area contributed by atoms with Crippen molar-refractivity contribution in [1.29, 1.82) is 0 Å². The molecule has 11 heteroatoms. The van der Waals surface area contributed by atoms with E-state index >= 15 is 0 Å². The predicted molar refractivity (Wildman–Crippen MR) is 133 cm³/mol. The molecule has 4 N–H and O–H groups in total. The van der Waals surface area contributed by atoms with Crippen molar-refractivity contribution in [3.8, 4) is 17.1 Å². The number of nitrogens with zero attached hydrogens (tertiary/aromatic N) is 2. The minimum absolute atomic E-state index is 0.255. The van der Waals surface area contributed by atoms with Crippen LogP contribution in [0.1, 0.15) is 34.8 Å². The molecule has 1 unspecified atom stereocenters. The van der Waals surface area contributed by atoms with Gasteiger partial charge in [0.2, 0.25) is 0 Å². The van der Waals surface area contributed by atoms with E-state index in [1.165, 1.54) is 11.8 Å². The quantitative estimate of drug-likeness (QED) is 0.250. The Morgan fingerprint density at radius 1 is 1.28 bits per heavy atom. The summed E-state index contributed by atoms with van der Waals surface area (Å²) in [6, 6.07) is 9.36. The second-order valence-electron chi connectivity index (χ2n) is 8.29. The highest BCUT2D eigenvalue weighted by atomic mass is 32.2. The third-order valence-corrected chi connectivity index (χ3v) is 6.89. The normalized spacial score (nSPS) is 15.4. The number of furan rings is 1. The monoisotopic (exact) mass is 505 g/mol. The first-order valence-corrected chi connectivity index (χ1v) is 12.3. The van der Waals surface area contributed by atoms with Gasteiger partial charge in [0, 0.05) is 41.9 Å². The maximum Gasteiger partial charge on any atom is 0.357 e. The van der Waals surface area contributed by atoms with Gasteiger partial charge in [0.15, 0.2) is 15.9 Å². The smallest absolute Gasteiger partial charge is 0.357 e. The minimum atomic E-state index is -0.770. The zero-order valence-electron chi connectivity index (χ0n) is 19.5. The van der Waals surface area contributed by atoms with Gasteiger partial charge in [0.05, 0.1) is 36.5 Å². The Labute approximate surface area is 209 Å². The Bertz CT molecular complexity index is 1600. The lowest BCUT2D eigenvalue weighted by molar-refractivity contribution is 0.0522. The number of esters is 1. The van der Waals surface area contributed by atoms with Gasteiger partial charge < -0.3 is 34.3 Å². The molecule has 5 aromatic rings. The Balaban J connectivity index is 1.42. The molecule has 0 amide bonds. The summed E-state index contributed by atoms with van der Waals surface area (Å²) in [6.07, 6.45) is 0.939. The average Bonchev–Trinajstić information content (AvgIpc) is 3.60. The fourth-order valence-electron chi connectivity index (χ4n) is 4.50. The van der Waals surface area contributed by atoms with Crippen LogP contribution in [0.5, 0.6) is 5.75 Å². The average molecular weight is 506 g/mol. The summed E-state index contributed by atoms with van der Waals surface area (Å²) in [5, 5.41) is 16.0. The number of aliphatic hydroxyl groups is 1. The Morgan fingerprint density at radius 2 is 2.17 bits per heavy atom. The van der Waals surface area contributed by atoms with Gasteiger partial charge in [-0.3, -0.25) is 0 Å². The fourth-order valence-corrected chi connectivity index (χ4v) is 5.26. The summed E-state index contributed by atoms with van der Waals surface area (Å²) >= 11 is 1.36. The number of rotatable bonds is 6. The molecule has 184 valence electrons. The third-order valence-electron chi connectivity index (χ3n) is 6.08. The second kappa shape index (κ2) is 9.01. The lowest BCUT2D eigenvalue weighted by Gasteiger charge is -2.24. The van der Waals surface area contributed by atoms with Crippen LogP contribution in [0.4, 0.5) is 0 Å². The molecule has 0 aliphatic carbocycles. The second-order valence-corrected chi connectivity index (χ2v) is 9.28. The number of hydrogen-bond donors (Lipinski definition) is 4. The van der Waals surface area contributed by atoms with E-state index in [0.717, 1.165) is 16.8 Å². The van der Waals surface area contributed by atoms with Gasteiger partial charge in [-0.2, -0.15) is 0 Å². The largest absolute Gasteiger partial charge is 0.497 e. The highest BCUT2D eigenvalue weighted by Gasteiger charge is 2.29. The van der Waals surface area contributed by atoms with Crippen molar-refractivity contribution >= 4 is 39.7 Å². The van der Waals surface area contributed by atoms with Gasteiger partial charge in [0.25, 0.3) is 0 Å². The number of aromatic nitrogens is 4. The fraction of sp³-hybridized carbons (Fsp3) is 0.240. The summed E-state index contributed by atoms with van der Waals surface area (Å²) in [4.78, 5) is 28.1. The van der Waals surface area contributed by atoms with E-state index in [-0.39, 0.29) is 12.3 Å². The van der Waals surface area contributed by atoms with Crippen LogP contribution in [0.2, 0.25) is 0 Å². The first-order valence-electron chi connectivity index (χ1n) is 11.5. The van der Waals surface area contributed by atoms with Crippen LogP contribution in [0.3, 0.4) is 0 Å². The van der Waals surface area contributed by atoms with E-state index in [1.54, 1.807) is 20.2 Å². The molecule has 1 aliphatic rings. The van der Waals surface area contributed by atoms with Crippen LogP contribution in [-0.4, -0.2) is 51.3 Å². The van der Waals surface area contributed by atoms with Crippen LogP contribution in [0.25, 0.3) is 33.3 Å². The molecule has 0 fully saturated rings. The molecule has 0 radical (unpaired) electrons. The van der Waals surface area contributed by atoms with E-state index in [2.05, 4.69) is 20.3 Å². The van der Waals surface area contributed by atoms with Crippen LogP contribution in [0, 0.1) is 0 Å². The number of aromatic amines is 2. The molecule has 0 saturated carbocycles. The highest BCUT2D eigenvalue weighted by Crippen LogP contribution is 2.41. The molecule has 0 bridgehead atoms. The van der Waals surface area contributed by atoms with Gasteiger partial charge in [0.1, 0.15) is 17.0 Å². The van der Waals surface area contributed by atoms with Gasteiger partial charge >= 0.3 is 5.97 Å². The van der Waals surface area contributed by atoms with Crippen molar-refractivity contribution < 1.29 is 23.8 Å². The molecule has 1 aromatic carbocycles. The number of pyridine rings is 1. The Hall–Kier alpha value is -3.80. The van der Waals surface area contributed by atoms with E-state index in [0.29, 0.717) is 56.8 Å². The molecule has 5 heterocycles. The molecule has 36 heavy (non-hydrogen) atoms. The Morgan fingerprint density at radius 3 is 3.00 bits per heavy atom. The number of benzene rings is 1. The molecule has 1 aliphatic heterocycles. The number of imidazole rings is 1. The van der Waals surface area contributed by atoms with Crippen molar-refractivity contribution in [2.24, 2.45) is 0 Å².